The number of H-pyrrole nitrogens is 1. The van der Waals surface area contributed by atoms with Crippen molar-refractivity contribution in [2.75, 3.05) is 0 Å². The molecule has 4 heteroatoms. The van der Waals surface area contributed by atoms with Gasteiger partial charge in [-0.1, -0.05) is 35.9 Å². The van der Waals surface area contributed by atoms with E-state index in [1.807, 2.05) is 24.4 Å². The maximum atomic E-state index is 13.6. The summed E-state index contributed by atoms with van der Waals surface area (Å²) >= 11 is 6.00. The van der Waals surface area contributed by atoms with E-state index in [1.54, 1.807) is 12.1 Å². The van der Waals surface area contributed by atoms with Crippen LogP contribution in [0.3, 0.4) is 0 Å². The molecule has 1 aromatic heterocycles. The summed E-state index contributed by atoms with van der Waals surface area (Å²) in [6, 6.07) is 12.8. The Morgan fingerprint density at radius 2 is 1.90 bits per heavy atom. The first-order valence-electron chi connectivity index (χ1n) is 6.44. The lowest BCUT2D eigenvalue weighted by Crippen LogP contribution is -2.13. The second-order valence-electron chi connectivity index (χ2n) is 4.66. The standard InChI is InChI=1S/C16H14ClFN2/c17-14-5-3-6-15(18)13(14)10-19-8-11-9-20-16-7-2-1-4-12(11)16/h1-7,9,19-20H,8,10H2. The first kappa shape index (κ1) is 13.2. The Bertz CT molecular complexity index is 716. The van der Waals surface area contributed by atoms with E-state index in [2.05, 4.69) is 16.4 Å². The van der Waals surface area contributed by atoms with Crippen LogP contribution < -0.4 is 5.32 Å². The number of para-hydroxylation sites is 1. The molecule has 0 fully saturated rings. The van der Waals surface area contributed by atoms with Gasteiger partial charge in [0.25, 0.3) is 0 Å². The maximum Gasteiger partial charge on any atom is 0.129 e. The summed E-state index contributed by atoms with van der Waals surface area (Å²) in [4.78, 5) is 3.22. The third-order valence-corrected chi connectivity index (χ3v) is 3.71. The van der Waals surface area contributed by atoms with Gasteiger partial charge in [-0.15, -0.1) is 0 Å². The molecule has 0 aliphatic heterocycles. The zero-order chi connectivity index (χ0) is 13.9. The van der Waals surface area contributed by atoms with Gasteiger partial charge in [0.2, 0.25) is 0 Å². The number of nitrogens with one attached hydrogen (secondary N) is 2. The first-order valence-corrected chi connectivity index (χ1v) is 6.82. The lowest BCUT2D eigenvalue weighted by atomic mass is 10.1. The highest BCUT2D eigenvalue weighted by molar-refractivity contribution is 6.31. The Labute approximate surface area is 121 Å². The predicted octanol–water partition coefficient (Wildman–Crippen LogP) is 4.25. The summed E-state index contributed by atoms with van der Waals surface area (Å²) in [5, 5.41) is 4.87. The Balaban J connectivity index is 1.71. The summed E-state index contributed by atoms with van der Waals surface area (Å²) in [7, 11) is 0. The van der Waals surface area contributed by atoms with Gasteiger partial charge >= 0.3 is 0 Å². The summed E-state index contributed by atoms with van der Waals surface area (Å²) < 4.78 is 13.6. The van der Waals surface area contributed by atoms with E-state index in [0.717, 1.165) is 11.1 Å². The molecule has 3 aromatic rings. The highest BCUT2D eigenvalue weighted by Gasteiger charge is 2.07. The number of halogens is 2. The topological polar surface area (TPSA) is 27.8 Å². The molecule has 0 spiro atoms. The van der Waals surface area contributed by atoms with Gasteiger partial charge in [-0.05, 0) is 23.8 Å². The van der Waals surface area contributed by atoms with Crippen LogP contribution in [-0.2, 0) is 13.1 Å². The highest BCUT2D eigenvalue weighted by atomic mass is 35.5. The molecule has 20 heavy (non-hydrogen) atoms. The van der Waals surface area contributed by atoms with Crippen molar-refractivity contribution >= 4 is 22.5 Å². The molecule has 0 unspecified atom stereocenters. The molecule has 2 N–H and O–H groups in total. The predicted molar refractivity (Wildman–Crippen MR) is 80.3 cm³/mol. The summed E-state index contributed by atoms with van der Waals surface area (Å²) in [6.07, 6.45) is 1.97. The first-order chi connectivity index (χ1) is 9.75. The van der Waals surface area contributed by atoms with Crippen LogP contribution >= 0.6 is 11.6 Å². The van der Waals surface area contributed by atoms with Crippen LogP contribution in [0.2, 0.25) is 5.02 Å². The number of hydrogen-bond acceptors (Lipinski definition) is 1. The molecule has 2 nitrogen and oxygen atoms in total. The fraction of sp³-hybridized carbons (Fsp3) is 0.125. The van der Waals surface area contributed by atoms with Crippen molar-refractivity contribution in [3.8, 4) is 0 Å². The number of rotatable bonds is 4. The van der Waals surface area contributed by atoms with Crippen LogP contribution in [0.25, 0.3) is 10.9 Å². The lowest BCUT2D eigenvalue weighted by molar-refractivity contribution is 0.588. The molecule has 0 radical (unpaired) electrons. The van der Waals surface area contributed by atoms with Crippen LogP contribution in [0.1, 0.15) is 11.1 Å². The number of aromatic nitrogens is 1. The minimum atomic E-state index is -0.274. The largest absolute Gasteiger partial charge is 0.361 e. The SMILES string of the molecule is Fc1cccc(Cl)c1CNCc1c[nH]c2ccccc12. The maximum absolute atomic E-state index is 13.6. The molecule has 1 heterocycles. The average Bonchev–Trinajstić information content (AvgIpc) is 2.86. The Morgan fingerprint density at radius 1 is 1.05 bits per heavy atom. The fourth-order valence-corrected chi connectivity index (χ4v) is 2.53. The van der Waals surface area contributed by atoms with Crippen LogP contribution in [0, 0.1) is 5.82 Å². The minimum Gasteiger partial charge on any atom is -0.361 e. The van der Waals surface area contributed by atoms with Gasteiger partial charge in [0.1, 0.15) is 5.82 Å². The Morgan fingerprint density at radius 3 is 2.75 bits per heavy atom. The van der Waals surface area contributed by atoms with Crippen LogP contribution in [-0.4, -0.2) is 4.98 Å². The van der Waals surface area contributed by atoms with Crippen molar-refractivity contribution in [2.24, 2.45) is 0 Å². The van der Waals surface area contributed by atoms with Crippen molar-refractivity contribution in [1.82, 2.24) is 10.3 Å². The number of hydrogen-bond donors (Lipinski definition) is 2. The fourth-order valence-electron chi connectivity index (χ4n) is 2.30. The van der Waals surface area contributed by atoms with Gasteiger partial charge in [0, 0.05) is 40.8 Å². The normalized spacial score (nSPS) is 11.1. The third-order valence-electron chi connectivity index (χ3n) is 3.35. The smallest absolute Gasteiger partial charge is 0.129 e. The molecule has 0 bridgehead atoms. The molecule has 2 aromatic carbocycles. The van der Waals surface area contributed by atoms with Crippen molar-refractivity contribution in [2.45, 2.75) is 13.1 Å². The second-order valence-corrected chi connectivity index (χ2v) is 5.07. The molecular formula is C16H14ClFN2. The van der Waals surface area contributed by atoms with Crippen molar-refractivity contribution in [3.05, 3.63) is 70.6 Å². The van der Waals surface area contributed by atoms with Crippen molar-refractivity contribution < 1.29 is 4.39 Å². The van der Waals surface area contributed by atoms with Crippen molar-refractivity contribution in [3.63, 3.8) is 0 Å². The van der Waals surface area contributed by atoms with Gasteiger partial charge < -0.3 is 10.3 Å². The average molecular weight is 289 g/mol. The minimum absolute atomic E-state index is 0.274. The quantitative estimate of drug-likeness (QED) is 0.738. The molecule has 0 atom stereocenters. The zero-order valence-electron chi connectivity index (χ0n) is 10.8. The van der Waals surface area contributed by atoms with E-state index in [1.165, 1.54) is 11.5 Å². The summed E-state index contributed by atoms with van der Waals surface area (Å²) in [5.74, 6) is -0.274. The van der Waals surface area contributed by atoms with Crippen LogP contribution in [0.15, 0.2) is 48.7 Å². The highest BCUT2D eigenvalue weighted by Crippen LogP contribution is 2.20. The van der Waals surface area contributed by atoms with E-state index >= 15 is 0 Å². The molecule has 0 aliphatic rings. The second kappa shape index (κ2) is 5.65. The van der Waals surface area contributed by atoms with Gasteiger partial charge in [0.15, 0.2) is 0 Å². The van der Waals surface area contributed by atoms with E-state index in [-0.39, 0.29) is 5.82 Å². The van der Waals surface area contributed by atoms with Crippen molar-refractivity contribution in [1.29, 1.82) is 0 Å². The Kier molecular flexibility index (Phi) is 3.72. The third kappa shape index (κ3) is 2.55. The number of aromatic amines is 1. The number of benzene rings is 2. The molecule has 0 saturated heterocycles. The van der Waals surface area contributed by atoms with Gasteiger partial charge in [-0.3, -0.25) is 0 Å². The molecule has 0 aliphatic carbocycles. The molecule has 3 rings (SSSR count). The zero-order valence-corrected chi connectivity index (χ0v) is 11.5. The van der Waals surface area contributed by atoms with Gasteiger partial charge in [-0.2, -0.15) is 0 Å². The lowest BCUT2D eigenvalue weighted by Gasteiger charge is -2.07. The summed E-state index contributed by atoms with van der Waals surface area (Å²) in [6.45, 7) is 1.07. The number of fused-ring (bicyclic) bond motifs is 1. The van der Waals surface area contributed by atoms with Gasteiger partial charge in [-0.25, -0.2) is 4.39 Å². The van der Waals surface area contributed by atoms with Crippen LogP contribution in [0.5, 0.6) is 0 Å². The van der Waals surface area contributed by atoms with E-state index in [4.69, 9.17) is 11.6 Å². The molecule has 102 valence electrons. The molecule has 0 saturated carbocycles. The van der Waals surface area contributed by atoms with Crippen LogP contribution in [0.4, 0.5) is 4.39 Å². The Hall–Kier alpha value is -1.84. The van der Waals surface area contributed by atoms with E-state index in [0.29, 0.717) is 23.7 Å². The molecular weight excluding hydrogens is 275 g/mol. The van der Waals surface area contributed by atoms with E-state index in [9.17, 15) is 4.39 Å². The molecule has 0 amide bonds. The van der Waals surface area contributed by atoms with Gasteiger partial charge in [0.05, 0.1) is 0 Å². The monoisotopic (exact) mass is 288 g/mol. The summed E-state index contributed by atoms with van der Waals surface area (Å²) in [5.41, 5.74) is 2.77. The van der Waals surface area contributed by atoms with E-state index < -0.39 is 0 Å².